The Balaban J connectivity index is 2.32. The molecule has 0 saturated carbocycles. The molecule has 130 valence electrons. The topological polar surface area (TPSA) is 49.7 Å². The number of thioether (sulfide) groups is 2. The lowest BCUT2D eigenvalue weighted by molar-refractivity contribution is 0.491. The molecule has 0 aliphatic rings. The van der Waals surface area contributed by atoms with E-state index in [1.54, 1.807) is 65.3 Å². The Bertz CT molecular complexity index is 840. The largest absolute Gasteiger partial charge is 0.278 e. The van der Waals surface area contributed by atoms with Crippen LogP contribution in [0.1, 0.15) is 16.7 Å². The van der Waals surface area contributed by atoms with E-state index in [2.05, 4.69) is 5.10 Å². The van der Waals surface area contributed by atoms with Crippen LogP contribution in [0.5, 0.6) is 0 Å². The van der Waals surface area contributed by atoms with E-state index >= 15 is 0 Å². The fraction of sp³-hybridized carbons (Fsp3) is 0.312. The van der Waals surface area contributed by atoms with E-state index in [1.807, 2.05) is 26.4 Å². The highest BCUT2D eigenvalue weighted by molar-refractivity contribution is 8.02. The average Bonchev–Trinajstić information content (AvgIpc) is 2.88. The highest BCUT2D eigenvalue weighted by Crippen LogP contribution is 2.38. The lowest BCUT2D eigenvalue weighted by atomic mass is 10.2. The molecule has 0 spiro atoms. The molecule has 8 heteroatoms. The summed E-state index contributed by atoms with van der Waals surface area (Å²) >= 11 is 5.05. The maximum Gasteiger partial charge on any atom is 0.278 e. The number of hydrogen-bond donors (Lipinski definition) is 0. The van der Waals surface area contributed by atoms with Gasteiger partial charge in [0.05, 0.1) is 19.5 Å². The Kier molecular flexibility index (Phi) is 6.41. The molecule has 1 heterocycles. The zero-order valence-corrected chi connectivity index (χ0v) is 17.5. The number of sulfonamides is 1. The molecule has 0 N–H and O–H groups in total. The van der Waals surface area contributed by atoms with Gasteiger partial charge in [0.15, 0.2) is 0 Å². The Morgan fingerprint density at radius 1 is 1.08 bits per heavy atom. The summed E-state index contributed by atoms with van der Waals surface area (Å²) in [5, 5.41) is 4.19. The van der Waals surface area contributed by atoms with Gasteiger partial charge in [-0.3, -0.25) is 0 Å². The summed E-state index contributed by atoms with van der Waals surface area (Å²) in [7, 11) is -2.17. The Hall–Kier alpha value is -0.960. The number of benzene rings is 1. The summed E-state index contributed by atoms with van der Waals surface area (Å²) in [4.78, 5) is 0.240. The van der Waals surface area contributed by atoms with E-state index in [1.165, 1.54) is 11.3 Å². The number of nitrogens with zero attached hydrogens (tertiary/aromatic N) is 2. The molecule has 0 saturated heterocycles. The van der Waals surface area contributed by atoms with Gasteiger partial charge in [0.2, 0.25) is 0 Å². The number of thiophene rings is 1. The van der Waals surface area contributed by atoms with Gasteiger partial charge in [-0.05, 0) is 44.1 Å². The number of hydrazone groups is 1. The van der Waals surface area contributed by atoms with Gasteiger partial charge in [-0.1, -0.05) is 17.7 Å². The second-order valence-electron chi connectivity index (χ2n) is 5.12. The first-order valence-corrected chi connectivity index (χ1v) is 11.8. The van der Waals surface area contributed by atoms with Gasteiger partial charge in [-0.15, -0.1) is 34.9 Å². The SMILES string of the molecule is CSc1sc(SC)c(C=NN(C)S(=O)(=O)c2ccc(C)cc2)c1C. The second kappa shape index (κ2) is 7.95. The van der Waals surface area contributed by atoms with Crippen molar-refractivity contribution in [3.05, 3.63) is 41.0 Å². The zero-order chi connectivity index (χ0) is 17.9. The van der Waals surface area contributed by atoms with Gasteiger partial charge in [-0.2, -0.15) is 17.9 Å². The molecular weight excluding hydrogens is 380 g/mol. The third-order valence-electron chi connectivity index (χ3n) is 3.50. The maximum atomic E-state index is 12.6. The van der Waals surface area contributed by atoms with Gasteiger partial charge in [0.25, 0.3) is 10.0 Å². The summed E-state index contributed by atoms with van der Waals surface area (Å²) in [5.41, 5.74) is 3.15. The van der Waals surface area contributed by atoms with Crippen molar-refractivity contribution in [2.24, 2.45) is 5.10 Å². The minimum absolute atomic E-state index is 0.240. The maximum absolute atomic E-state index is 12.6. The predicted molar refractivity (Wildman–Crippen MR) is 106 cm³/mol. The van der Waals surface area contributed by atoms with Crippen LogP contribution in [-0.4, -0.2) is 38.6 Å². The van der Waals surface area contributed by atoms with Crippen molar-refractivity contribution in [2.75, 3.05) is 19.6 Å². The standard InChI is InChI=1S/C16H20N2O2S4/c1-11-6-8-13(9-7-11)24(19,20)18(3)17-10-14-12(2)15(21-4)23-16(14)22-5/h6-10H,1-5H3. The van der Waals surface area contributed by atoms with Crippen molar-refractivity contribution in [3.8, 4) is 0 Å². The van der Waals surface area contributed by atoms with Crippen LogP contribution in [0.2, 0.25) is 0 Å². The third kappa shape index (κ3) is 3.99. The van der Waals surface area contributed by atoms with E-state index in [0.717, 1.165) is 25.3 Å². The zero-order valence-electron chi connectivity index (χ0n) is 14.2. The van der Waals surface area contributed by atoms with Crippen LogP contribution in [0, 0.1) is 13.8 Å². The van der Waals surface area contributed by atoms with Crippen molar-refractivity contribution in [2.45, 2.75) is 27.2 Å². The van der Waals surface area contributed by atoms with Crippen LogP contribution < -0.4 is 0 Å². The van der Waals surface area contributed by atoms with Crippen LogP contribution in [0.15, 0.2) is 42.7 Å². The van der Waals surface area contributed by atoms with E-state index in [0.29, 0.717) is 0 Å². The minimum Gasteiger partial charge on any atom is -0.200 e. The van der Waals surface area contributed by atoms with E-state index in [9.17, 15) is 8.42 Å². The molecule has 4 nitrogen and oxygen atoms in total. The van der Waals surface area contributed by atoms with Crippen molar-refractivity contribution in [3.63, 3.8) is 0 Å². The van der Waals surface area contributed by atoms with Gasteiger partial charge in [0, 0.05) is 12.6 Å². The highest BCUT2D eigenvalue weighted by atomic mass is 32.2. The van der Waals surface area contributed by atoms with Crippen molar-refractivity contribution < 1.29 is 8.42 Å². The van der Waals surface area contributed by atoms with E-state index < -0.39 is 10.0 Å². The summed E-state index contributed by atoms with van der Waals surface area (Å²) in [6.45, 7) is 3.96. The first-order chi connectivity index (χ1) is 11.3. The van der Waals surface area contributed by atoms with Crippen molar-refractivity contribution in [1.82, 2.24) is 4.41 Å². The Morgan fingerprint density at radius 2 is 1.67 bits per heavy atom. The van der Waals surface area contributed by atoms with E-state index in [4.69, 9.17) is 0 Å². The van der Waals surface area contributed by atoms with E-state index in [-0.39, 0.29) is 4.90 Å². The Morgan fingerprint density at radius 3 is 2.21 bits per heavy atom. The molecule has 0 aliphatic heterocycles. The average molecular weight is 401 g/mol. The molecule has 0 fully saturated rings. The molecule has 0 amide bonds. The normalized spacial score (nSPS) is 12.0. The van der Waals surface area contributed by atoms with Crippen molar-refractivity contribution >= 4 is 51.1 Å². The fourth-order valence-corrected chi connectivity index (χ4v) is 5.91. The lowest BCUT2D eigenvalue weighted by Gasteiger charge is -2.13. The molecule has 2 rings (SSSR count). The van der Waals surface area contributed by atoms with Crippen LogP contribution in [0.25, 0.3) is 0 Å². The first-order valence-electron chi connectivity index (χ1n) is 7.12. The summed E-state index contributed by atoms with van der Waals surface area (Å²) in [6, 6.07) is 6.77. The molecule has 0 aliphatic carbocycles. The number of hydrogen-bond acceptors (Lipinski definition) is 6. The van der Waals surface area contributed by atoms with Crippen molar-refractivity contribution in [1.29, 1.82) is 0 Å². The molecule has 0 bridgehead atoms. The molecule has 0 radical (unpaired) electrons. The fourth-order valence-electron chi connectivity index (χ4n) is 2.04. The molecule has 1 aromatic carbocycles. The molecule has 0 atom stereocenters. The minimum atomic E-state index is -3.63. The van der Waals surface area contributed by atoms with Crippen LogP contribution in [0.3, 0.4) is 0 Å². The Labute approximate surface area is 156 Å². The quantitative estimate of drug-likeness (QED) is 0.408. The van der Waals surface area contributed by atoms with Gasteiger partial charge < -0.3 is 0 Å². The van der Waals surface area contributed by atoms with Crippen LogP contribution in [0.4, 0.5) is 0 Å². The van der Waals surface area contributed by atoms with Gasteiger partial charge in [-0.25, -0.2) is 0 Å². The van der Waals surface area contributed by atoms with Crippen LogP contribution in [-0.2, 0) is 10.0 Å². The third-order valence-corrected chi connectivity index (χ3v) is 8.82. The monoisotopic (exact) mass is 400 g/mol. The smallest absolute Gasteiger partial charge is 0.200 e. The first kappa shape index (κ1) is 19.4. The van der Waals surface area contributed by atoms with Crippen LogP contribution >= 0.6 is 34.9 Å². The molecular formula is C16H20N2O2S4. The molecule has 2 aromatic rings. The summed E-state index contributed by atoms with van der Waals surface area (Å²) in [5.74, 6) is 0. The second-order valence-corrected chi connectivity index (χ2v) is 10.2. The highest BCUT2D eigenvalue weighted by Gasteiger charge is 2.19. The van der Waals surface area contributed by atoms with Gasteiger partial charge in [0.1, 0.15) is 0 Å². The summed E-state index contributed by atoms with van der Waals surface area (Å²) in [6.07, 6.45) is 5.69. The predicted octanol–water partition coefficient (Wildman–Crippen LogP) is 4.46. The molecule has 1 aromatic heterocycles. The summed E-state index contributed by atoms with van der Waals surface area (Å²) < 4.78 is 28.5. The molecule has 0 unspecified atom stereocenters. The number of rotatable bonds is 6. The number of aryl methyl sites for hydroxylation is 1. The molecule has 24 heavy (non-hydrogen) atoms. The lowest BCUT2D eigenvalue weighted by Crippen LogP contribution is -2.21. The van der Waals surface area contributed by atoms with Gasteiger partial charge >= 0.3 is 0 Å².